The van der Waals surface area contributed by atoms with E-state index in [9.17, 15) is 8.42 Å². The molecule has 0 bridgehead atoms. The van der Waals surface area contributed by atoms with Crippen molar-refractivity contribution in [2.75, 3.05) is 24.2 Å². The van der Waals surface area contributed by atoms with Crippen molar-refractivity contribution in [3.8, 4) is 22.7 Å². The summed E-state index contributed by atoms with van der Waals surface area (Å²) < 4.78 is 33.3. The Hall–Kier alpha value is -3.92. The lowest BCUT2D eigenvalue weighted by molar-refractivity contribution is 0.412. The van der Waals surface area contributed by atoms with Gasteiger partial charge < -0.3 is 10.5 Å². The van der Waals surface area contributed by atoms with Gasteiger partial charge in [0.2, 0.25) is 0 Å². The third kappa shape index (κ3) is 4.00. The second-order valence-corrected chi connectivity index (χ2v) is 9.25. The van der Waals surface area contributed by atoms with Gasteiger partial charge in [-0.2, -0.15) is 5.10 Å². The van der Waals surface area contributed by atoms with Gasteiger partial charge in [-0.05, 0) is 43.7 Å². The number of allylic oxidation sites excluding steroid dienone is 1. The number of nitrogens with zero attached hydrogens (tertiary/aromatic N) is 5. The Labute approximate surface area is 192 Å². The van der Waals surface area contributed by atoms with Gasteiger partial charge in [-0.3, -0.25) is 4.31 Å². The van der Waals surface area contributed by atoms with Crippen LogP contribution < -0.4 is 14.8 Å². The molecule has 4 rings (SSSR count). The summed E-state index contributed by atoms with van der Waals surface area (Å²) in [5.41, 5.74) is 10.2. The van der Waals surface area contributed by atoms with E-state index in [1.807, 2.05) is 31.2 Å². The first-order valence-corrected chi connectivity index (χ1v) is 11.6. The molecule has 10 heteroatoms. The van der Waals surface area contributed by atoms with Crippen molar-refractivity contribution < 1.29 is 13.2 Å². The minimum absolute atomic E-state index is 0.296. The van der Waals surface area contributed by atoms with Crippen LogP contribution in [-0.4, -0.2) is 42.3 Å². The van der Waals surface area contributed by atoms with Crippen LogP contribution in [0.4, 0.5) is 11.5 Å². The van der Waals surface area contributed by atoms with Crippen LogP contribution in [0.25, 0.3) is 28.0 Å². The summed E-state index contributed by atoms with van der Waals surface area (Å²) in [5, 5.41) is 6.54. The van der Waals surface area contributed by atoms with Crippen LogP contribution in [0.1, 0.15) is 12.5 Å². The van der Waals surface area contributed by atoms with Gasteiger partial charge in [0.15, 0.2) is 5.65 Å². The van der Waals surface area contributed by atoms with Crippen LogP contribution in [0.5, 0.6) is 5.75 Å². The van der Waals surface area contributed by atoms with Gasteiger partial charge in [-0.15, -0.1) is 0 Å². The molecule has 0 saturated carbocycles. The molecule has 2 heterocycles. The first-order valence-electron chi connectivity index (χ1n) is 10.1. The minimum Gasteiger partial charge on any atom is -0.496 e. The second-order valence-electron chi connectivity index (χ2n) is 7.40. The maximum Gasteiger partial charge on any atom is 0.256 e. The Morgan fingerprint density at radius 2 is 1.94 bits per heavy atom. The number of hydrogen-bond acceptors (Lipinski definition) is 7. The van der Waals surface area contributed by atoms with Crippen LogP contribution in [0.15, 0.2) is 60.3 Å². The Bertz CT molecular complexity index is 1480. The van der Waals surface area contributed by atoms with Gasteiger partial charge >= 0.3 is 0 Å². The lowest BCUT2D eigenvalue weighted by Crippen LogP contribution is -2.24. The van der Waals surface area contributed by atoms with E-state index >= 15 is 0 Å². The minimum atomic E-state index is -3.60. The summed E-state index contributed by atoms with van der Waals surface area (Å²) >= 11 is 0. The first kappa shape index (κ1) is 22.3. The Morgan fingerprint density at radius 3 is 2.67 bits per heavy atom. The molecule has 4 aromatic rings. The zero-order chi connectivity index (χ0) is 23.8. The van der Waals surface area contributed by atoms with Gasteiger partial charge in [-0.1, -0.05) is 24.3 Å². The van der Waals surface area contributed by atoms with Gasteiger partial charge in [0.1, 0.15) is 23.6 Å². The topological polar surface area (TPSA) is 116 Å². The van der Waals surface area contributed by atoms with Crippen molar-refractivity contribution in [2.24, 2.45) is 0 Å². The predicted octanol–water partition coefficient (Wildman–Crippen LogP) is 3.68. The lowest BCUT2D eigenvalue weighted by Gasteiger charge is -2.18. The number of aromatic nitrogens is 4. The zero-order valence-electron chi connectivity index (χ0n) is 18.7. The number of fused-ring (bicyclic) bond motifs is 1. The Kier molecular flexibility index (Phi) is 5.77. The number of methoxy groups -OCH3 is 1. The normalized spacial score (nSPS) is 11.9. The second kappa shape index (κ2) is 8.55. The monoisotopic (exact) mass is 464 g/mol. The van der Waals surface area contributed by atoms with Crippen LogP contribution in [0, 0.1) is 6.92 Å². The maximum absolute atomic E-state index is 12.5. The molecule has 0 amide bonds. The van der Waals surface area contributed by atoms with Crippen LogP contribution in [0.3, 0.4) is 0 Å². The molecular weight excluding hydrogens is 440 g/mol. The number of rotatable bonds is 6. The molecule has 0 spiro atoms. The van der Waals surface area contributed by atoms with Gasteiger partial charge in [0, 0.05) is 18.0 Å². The van der Waals surface area contributed by atoms with E-state index in [2.05, 4.69) is 9.97 Å². The van der Waals surface area contributed by atoms with E-state index in [-0.39, 0.29) is 0 Å². The molecule has 0 aliphatic carbocycles. The molecule has 0 unspecified atom stereocenters. The molecule has 0 fully saturated rings. The van der Waals surface area contributed by atoms with Crippen LogP contribution >= 0.6 is 0 Å². The van der Waals surface area contributed by atoms with Crippen molar-refractivity contribution in [2.45, 2.75) is 13.8 Å². The van der Waals surface area contributed by atoms with E-state index < -0.39 is 10.0 Å². The highest BCUT2D eigenvalue weighted by molar-refractivity contribution is 7.95. The van der Waals surface area contributed by atoms with E-state index in [1.165, 1.54) is 23.8 Å². The molecule has 0 radical (unpaired) electrons. The molecule has 2 aromatic carbocycles. The molecule has 0 aliphatic rings. The summed E-state index contributed by atoms with van der Waals surface area (Å²) in [5.74, 6) is 1.02. The highest BCUT2D eigenvalue weighted by Crippen LogP contribution is 2.34. The third-order valence-electron chi connectivity index (χ3n) is 5.30. The number of nitrogens with two attached hydrogens (primary N) is 1. The number of sulfonamides is 1. The maximum atomic E-state index is 12.5. The fraction of sp³-hybridized carbons (Fsp3) is 0.174. The van der Waals surface area contributed by atoms with Crippen molar-refractivity contribution >= 4 is 32.6 Å². The summed E-state index contributed by atoms with van der Waals surface area (Å²) in [4.78, 5) is 8.56. The molecule has 0 saturated heterocycles. The average Bonchev–Trinajstić information content (AvgIpc) is 3.20. The highest BCUT2D eigenvalue weighted by Gasteiger charge is 2.20. The molecular formula is C23H24N6O3S. The summed E-state index contributed by atoms with van der Waals surface area (Å²) in [6, 6.07) is 12.8. The number of nitrogen functional groups attached to an aromatic ring is 1. The van der Waals surface area contributed by atoms with Crippen molar-refractivity contribution in [3.63, 3.8) is 0 Å². The molecule has 2 aromatic heterocycles. The van der Waals surface area contributed by atoms with E-state index in [0.717, 1.165) is 22.3 Å². The van der Waals surface area contributed by atoms with Gasteiger partial charge in [0.25, 0.3) is 10.0 Å². The molecule has 9 nitrogen and oxygen atoms in total. The van der Waals surface area contributed by atoms with Crippen LogP contribution in [0.2, 0.25) is 0 Å². The highest BCUT2D eigenvalue weighted by atomic mass is 32.2. The zero-order valence-corrected chi connectivity index (χ0v) is 19.5. The largest absolute Gasteiger partial charge is 0.496 e. The SMILES string of the molecule is CC=CS(=O)(=O)N(C)c1cccc(-n2nc(-c3ccc(C)c(OC)c3)c3c(N)ncnc32)c1. The smallest absolute Gasteiger partial charge is 0.256 e. The molecule has 2 N–H and O–H groups in total. The third-order valence-corrected chi connectivity index (χ3v) is 6.89. The summed E-state index contributed by atoms with van der Waals surface area (Å²) in [6.07, 6.45) is 2.86. The number of hydrogen-bond donors (Lipinski definition) is 1. The fourth-order valence-electron chi connectivity index (χ4n) is 3.55. The van der Waals surface area contributed by atoms with E-state index in [1.54, 1.807) is 36.9 Å². The molecule has 0 aliphatic heterocycles. The summed E-state index contributed by atoms with van der Waals surface area (Å²) in [7, 11) is -0.483. The fourth-order valence-corrected chi connectivity index (χ4v) is 4.49. The standard InChI is InChI=1S/C23H24N6O3S/c1-5-11-33(30,31)28(3)17-7-6-8-18(13-17)29-23-20(22(24)25-14-26-23)21(27-29)16-10-9-15(2)19(12-16)32-4/h5-14H,1-4H3,(H2,24,25,26). The van der Waals surface area contributed by atoms with Gasteiger partial charge in [0.05, 0.1) is 23.9 Å². The Balaban J connectivity index is 1.91. The summed E-state index contributed by atoms with van der Waals surface area (Å²) in [6.45, 7) is 3.62. The number of aryl methyl sites for hydroxylation is 1. The number of ether oxygens (including phenoxy) is 1. The Morgan fingerprint density at radius 1 is 1.15 bits per heavy atom. The predicted molar refractivity (Wildman–Crippen MR) is 130 cm³/mol. The van der Waals surface area contributed by atoms with Crippen molar-refractivity contribution in [1.29, 1.82) is 0 Å². The van der Waals surface area contributed by atoms with Crippen molar-refractivity contribution in [1.82, 2.24) is 19.7 Å². The van der Waals surface area contributed by atoms with E-state index in [0.29, 0.717) is 33.9 Å². The van der Waals surface area contributed by atoms with Gasteiger partial charge in [-0.25, -0.2) is 23.1 Å². The van der Waals surface area contributed by atoms with E-state index in [4.69, 9.17) is 15.6 Å². The molecule has 0 atom stereocenters. The lowest BCUT2D eigenvalue weighted by atomic mass is 10.1. The molecule has 170 valence electrons. The average molecular weight is 465 g/mol. The molecule has 33 heavy (non-hydrogen) atoms. The van der Waals surface area contributed by atoms with Crippen LogP contribution in [-0.2, 0) is 10.0 Å². The first-order chi connectivity index (χ1) is 15.8. The number of anilines is 2. The number of benzene rings is 2. The van der Waals surface area contributed by atoms with Crippen molar-refractivity contribution in [3.05, 3.63) is 65.8 Å². The quantitative estimate of drug-likeness (QED) is 0.463.